The molecule has 3 aromatic rings. The van der Waals surface area contributed by atoms with E-state index in [0.717, 1.165) is 17.0 Å². The number of thiophene rings is 1. The van der Waals surface area contributed by atoms with Gasteiger partial charge in [-0.25, -0.2) is 9.18 Å². The van der Waals surface area contributed by atoms with Crippen LogP contribution in [-0.2, 0) is 11.3 Å². The van der Waals surface area contributed by atoms with Gasteiger partial charge in [0.15, 0.2) is 5.11 Å². The minimum absolute atomic E-state index is 0.152. The van der Waals surface area contributed by atoms with Gasteiger partial charge in [0.1, 0.15) is 10.8 Å². The number of amides is 1. The number of ether oxygens (including phenoxy) is 1. The van der Waals surface area contributed by atoms with Gasteiger partial charge < -0.3 is 20.3 Å². The highest BCUT2D eigenvalue weighted by atomic mass is 32.1. The fourth-order valence-electron chi connectivity index (χ4n) is 3.88. The number of aryl methyl sites for hydroxylation is 1. The fraction of sp³-hybridized carbons (Fsp3) is 0.360. The Morgan fingerprint density at radius 2 is 1.83 bits per heavy atom. The van der Waals surface area contributed by atoms with Crippen molar-refractivity contribution in [3.8, 4) is 0 Å². The molecular formula is C25H30FN5O3S2. The first-order valence-electron chi connectivity index (χ1n) is 11.5. The molecular weight excluding hydrogens is 501 g/mol. The molecule has 36 heavy (non-hydrogen) atoms. The Kier molecular flexibility index (Phi) is 8.80. The lowest BCUT2D eigenvalue weighted by Crippen LogP contribution is -2.30. The quantitative estimate of drug-likeness (QED) is 0.308. The molecule has 192 valence electrons. The highest BCUT2D eigenvalue weighted by Gasteiger charge is 2.28. The van der Waals surface area contributed by atoms with Crippen molar-refractivity contribution in [2.24, 2.45) is 0 Å². The minimum Gasteiger partial charge on any atom is -0.465 e. The molecule has 0 aliphatic rings. The van der Waals surface area contributed by atoms with Crippen LogP contribution in [0.1, 0.15) is 56.4 Å². The van der Waals surface area contributed by atoms with Crippen LogP contribution in [0.4, 0.5) is 15.1 Å². The van der Waals surface area contributed by atoms with Crippen molar-refractivity contribution in [3.63, 3.8) is 0 Å². The smallest absolute Gasteiger partial charge is 0.341 e. The van der Waals surface area contributed by atoms with E-state index in [4.69, 9.17) is 17.0 Å². The van der Waals surface area contributed by atoms with Crippen LogP contribution in [0.25, 0.3) is 0 Å². The van der Waals surface area contributed by atoms with E-state index in [1.807, 2.05) is 27.7 Å². The second-order valence-corrected chi connectivity index (χ2v) is 9.53. The van der Waals surface area contributed by atoms with Crippen LogP contribution in [0.15, 0.2) is 24.3 Å². The summed E-state index contributed by atoms with van der Waals surface area (Å²) in [5.74, 6) is -1.01. The van der Waals surface area contributed by atoms with Gasteiger partial charge in [-0.2, -0.15) is 5.10 Å². The molecule has 0 radical (unpaired) electrons. The predicted octanol–water partition coefficient (Wildman–Crippen LogP) is 5.13. The molecule has 0 aliphatic carbocycles. The zero-order valence-corrected chi connectivity index (χ0v) is 22.8. The van der Waals surface area contributed by atoms with Crippen molar-refractivity contribution in [1.29, 1.82) is 0 Å². The number of esters is 1. The summed E-state index contributed by atoms with van der Waals surface area (Å²) in [6, 6.07) is 6.56. The zero-order valence-electron chi connectivity index (χ0n) is 21.2. The molecule has 0 bridgehead atoms. The van der Waals surface area contributed by atoms with E-state index in [1.165, 1.54) is 13.2 Å². The number of hydrogen-bond acceptors (Lipinski definition) is 6. The summed E-state index contributed by atoms with van der Waals surface area (Å²) in [5, 5.41) is 11.4. The molecule has 0 atom stereocenters. The third-order valence-corrected chi connectivity index (χ3v) is 7.31. The maximum atomic E-state index is 14.1. The Hall–Kier alpha value is -3.31. The molecule has 0 spiro atoms. The number of hydrogen-bond donors (Lipinski definition) is 2. The molecule has 0 unspecified atom stereocenters. The summed E-state index contributed by atoms with van der Waals surface area (Å²) in [4.78, 5) is 27.7. The normalized spacial score (nSPS) is 10.8. The van der Waals surface area contributed by atoms with E-state index in [9.17, 15) is 14.0 Å². The second-order valence-electron chi connectivity index (χ2n) is 8.10. The van der Waals surface area contributed by atoms with Gasteiger partial charge in [0.2, 0.25) is 0 Å². The summed E-state index contributed by atoms with van der Waals surface area (Å²) in [6.45, 7) is 10.6. The maximum Gasteiger partial charge on any atom is 0.341 e. The number of halogens is 1. The van der Waals surface area contributed by atoms with Crippen LogP contribution in [-0.4, -0.2) is 51.9 Å². The number of rotatable bonds is 8. The minimum atomic E-state index is -0.558. The monoisotopic (exact) mass is 531 g/mol. The molecule has 1 aromatic carbocycles. The molecule has 11 heteroatoms. The van der Waals surface area contributed by atoms with Crippen molar-refractivity contribution in [3.05, 3.63) is 63.0 Å². The van der Waals surface area contributed by atoms with Crippen LogP contribution < -0.4 is 10.6 Å². The van der Waals surface area contributed by atoms with E-state index in [0.29, 0.717) is 45.5 Å². The zero-order chi connectivity index (χ0) is 26.6. The molecule has 1 amide bonds. The molecule has 2 aromatic heterocycles. The highest BCUT2D eigenvalue weighted by Crippen LogP contribution is 2.35. The Labute approximate surface area is 219 Å². The van der Waals surface area contributed by atoms with E-state index in [2.05, 4.69) is 15.7 Å². The number of carbonyl (C=O) groups excluding carboxylic acids is 2. The van der Waals surface area contributed by atoms with E-state index < -0.39 is 5.97 Å². The molecule has 2 heterocycles. The summed E-state index contributed by atoms with van der Waals surface area (Å²) < 4.78 is 20.8. The van der Waals surface area contributed by atoms with E-state index >= 15 is 0 Å². The van der Waals surface area contributed by atoms with Crippen molar-refractivity contribution < 1.29 is 18.7 Å². The Morgan fingerprint density at radius 3 is 2.44 bits per heavy atom. The van der Waals surface area contributed by atoms with Gasteiger partial charge >= 0.3 is 5.97 Å². The fourth-order valence-corrected chi connectivity index (χ4v) is 5.31. The lowest BCUT2D eigenvalue weighted by Gasteiger charge is -2.18. The molecule has 8 nitrogen and oxygen atoms in total. The maximum absolute atomic E-state index is 14.1. The van der Waals surface area contributed by atoms with Crippen molar-refractivity contribution in [2.45, 2.75) is 41.2 Å². The summed E-state index contributed by atoms with van der Waals surface area (Å²) in [5.41, 5.74) is 3.47. The van der Waals surface area contributed by atoms with Gasteiger partial charge in [0.25, 0.3) is 5.91 Å². The van der Waals surface area contributed by atoms with Crippen LogP contribution in [0.2, 0.25) is 0 Å². The van der Waals surface area contributed by atoms with Gasteiger partial charge in [-0.1, -0.05) is 18.2 Å². The van der Waals surface area contributed by atoms with Crippen LogP contribution >= 0.6 is 23.6 Å². The van der Waals surface area contributed by atoms with Crippen LogP contribution in [0.5, 0.6) is 0 Å². The number of aromatic nitrogens is 2. The number of benzene rings is 1. The first-order valence-corrected chi connectivity index (χ1v) is 12.7. The van der Waals surface area contributed by atoms with Crippen molar-refractivity contribution in [1.82, 2.24) is 14.7 Å². The Balaban J connectivity index is 1.86. The van der Waals surface area contributed by atoms with Gasteiger partial charge in [-0.05, 0) is 58.5 Å². The van der Waals surface area contributed by atoms with Gasteiger partial charge in [0, 0.05) is 18.7 Å². The molecule has 0 saturated heterocycles. The van der Waals surface area contributed by atoms with E-state index in [-0.39, 0.29) is 28.9 Å². The standard InChI is InChI=1S/C25H30FN5O3S2/c1-7-30(8-2)23(32)21-14(3)19(24(33)34-6)22(36-21)28-25(35)27-20-15(4)29-31(16(20)5)13-17-11-9-10-12-18(17)26/h9-12H,7-8,13H2,1-6H3,(H2,27,28,35). The number of nitrogens with zero attached hydrogens (tertiary/aromatic N) is 3. The molecule has 3 rings (SSSR count). The predicted molar refractivity (Wildman–Crippen MR) is 145 cm³/mol. The Morgan fingerprint density at radius 1 is 1.17 bits per heavy atom. The number of anilines is 2. The largest absolute Gasteiger partial charge is 0.465 e. The van der Waals surface area contributed by atoms with Crippen molar-refractivity contribution >= 4 is 51.2 Å². The van der Waals surface area contributed by atoms with Gasteiger partial charge in [0.05, 0.1) is 41.2 Å². The summed E-state index contributed by atoms with van der Waals surface area (Å²) >= 11 is 6.69. The highest BCUT2D eigenvalue weighted by molar-refractivity contribution is 7.80. The van der Waals surface area contributed by atoms with Gasteiger partial charge in [-0.3, -0.25) is 9.48 Å². The van der Waals surface area contributed by atoms with E-state index in [1.54, 1.807) is 34.7 Å². The molecule has 0 fully saturated rings. The second kappa shape index (κ2) is 11.6. The lowest BCUT2D eigenvalue weighted by atomic mass is 10.1. The number of thiocarbonyl (C=S) groups is 1. The molecule has 0 saturated carbocycles. The van der Waals surface area contributed by atoms with Crippen LogP contribution in [0, 0.1) is 26.6 Å². The first kappa shape index (κ1) is 27.3. The Bertz CT molecular complexity index is 1300. The average molecular weight is 532 g/mol. The number of methoxy groups -OCH3 is 1. The first-order chi connectivity index (χ1) is 17.1. The third-order valence-electron chi connectivity index (χ3n) is 5.91. The average Bonchev–Trinajstić information content (AvgIpc) is 3.31. The third kappa shape index (κ3) is 5.57. The summed E-state index contributed by atoms with van der Waals surface area (Å²) in [6.07, 6.45) is 0. The summed E-state index contributed by atoms with van der Waals surface area (Å²) in [7, 11) is 1.29. The van der Waals surface area contributed by atoms with Gasteiger partial charge in [-0.15, -0.1) is 11.3 Å². The van der Waals surface area contributed by atoms with Crippen LogP contribution in [0.3, 0.4) is 0 Å². The number of carbonyl (C=O) groups is 2. The lowest BCUT2D eigenvalue weighted by molar-refractivity contribution is 0.0601. The SMILES string of the molecule is CCN(CC)C(=O)c1sc(NC(=S)Nc2c(C)nn(Cc3ccccc3F)c2C)c(C(=O)OC)c1C. The number of nitrogens with one attached hydrogen (secondary N) is 2. The topological polar surface area (TPSA) is 88.5 Å². The molecule has 2 N–H and O–H groups in total. The molecule has 0 aliphatic heterocycles. The van der Waals surface area contributed by atoms with Crippen molar-refractivity contribution in [2.75, 3.05) is 30.8 Å².